The highest BCUT2D eigenvalue weighted by atomic mass is 16.5. The maximum absolute atomic E-state index is 12.7. The van der Waals surface area contributed by atoms with Gasteiger partial charge in [-0.2, -0.15) is 0 Å². The Morgan fingerprint density at radius 3 is 2.06 bits per heavy atom. The highest BCUT2D eigenvalue weighted by Crippen LogP contribution is 2.44. The van der Waals surface area contributed by atoms with Gasteiger partial charge in [0.25, 0.3) is 0 Å². The fourth-order valence-corrected chi connectivity index (χ4v) is 4.23. The summed E-state index contributed by atoms with van der Waals surface area (Å²) in [5.74, 6) is -1.61. The monoisotopic (exact) mass is 458 g/mol. The molecule has 2 amide bonds. The lowest BCUT2D eigenvalue weighted by Gasteiger charge is -2.19. The molecule has 1 unspecified atom stereocenters. The Hall–Kier alpha value is -4.13. The van der Waals surface area contributed by atoms with Crippen LogP contribution in [0.25, 0.3) is 11.1 Å². The summed E-state index contributed by atoms with van der Waals surface area (Å²) in [6, 6.07) is 24.3. The summed E-state index contributed by atoms with van der Waals surface area (Å²) < 4.78 is 5.51. The first kappa shape index (κ1) is 23.0. The molecule has 0 aliphatic heterocycles. The summed E-state index contributed by atoms with van der Waals surface area (Å²) >= 11 is 0. The topological polar surface area (TPSA) is 105 Å². The third kappa shape index (κ3) is 5.43. The zero-order valence-corrected chi connectivity index (χ0v) is 18.6. The van der Waals surface area contributed by atoms with Crippen molar-refractivity contribution in [3.8, 4) is 11.1 Å². The fourth-order valence-electron chi connectivity index (χ4n) is 4.23. The van der Waals surface area contributed by atoms with Crippen molar-refractivity contribution in [2.45, 2.75) is 31.3 Å². The van der Waals surface area contributed by atoms with E-state index in [0.29, 0.717) is 0 Å². The number of hydrogen-bond donors (Lipinski definition) is 3. The number of hydrogen-bond acceptors (Lipinski definition) is 4. The average Bonchev–Trinajstić information content (AvgIpc) is 3.18. The molecule has 7 nitrogen and oxygen atoms in total. The predicted molar refractivity (Wildman–Crippen MR) is 127 cm³/mol. The second-order valence-corrected chi connectivity index (χ2v) is 8.16. The van der Waals surface area contributed by atoms with Gasteiger partial charge in [-0.25, -0.2) is 4.79 Å². The molecule has 1 atom stereocenters. The van der Waals surface area contributed by atoms with E-state index in [2.05, 4.69) is 10.6 Å². The lowest BCUT2D eigenvalue weighted by atomic mass is 9.98. The molecule has 0 saturated heterocycles. The molecule has 4 rings (SSSR count). The summed E-state index contributed by atoms with van der Waals surface area (Å²) in [4.78, 5) is 36.3. The Bertz CT molecular complexity index is 1130. The largest absolute Gasteiger partial charge is 0.481 e. The highest BCUT2D eigenvalue weighted by molar-refractivity contribution is 5.86. The van der Waals surface area contributed by atoms with E-state index >= 15 is 0 Å². The van der Waals surface area contributed by atoms with Crippen molar-refractivity contribution in [3.05, 3.63) is 95.6 Å². The molecule has 34 heavy (non-hydrogen) atoms. The Labute approximate surface area is 197 Å². The smallest absolute Gasteiger partial charge is 0.407 e. The molecule has 1 aliphatic carbocycles. The molecular formula is C27H26N2O5. The Kier molecular flexibility index (Phi) is 7.22. The van der Waals surface area contributed by atoms with Gasteiger partial charge < -0.3 is 20.5 Å². The standard InChI is InChI=1S/C27H26N2O5/c30-25(31)15-14-24(26(32)28-16-18-8-2-1-3-9-18)29-27(33)34-17-23-21-12-6-4-10-19(21)20-11-5-7-13-22(20)23/h1-13,23-24H,14-17H2,(H,28,32)(H,29,33)(H,30,31). The first-order valence-electron chi connectivity index (χ1n) is 11.2. The molecule has 0 radical (unpaired) electrons. The number of amides is 2. The van der Waals surface area contributed by atoms with E-state index in [1.165, 1.54) is 0 Å². The van der Waals surface area contributed by atoms with Crippen molar-refractivity contribution in [1.29, 1.82) is 0 Å². The average molecular weight is 459 g/mol. The zero-order chi connectivity index (χ0) is 23.9. The summed E-state index contributed by atoms with van der Waals surface area (Å²) in [6.07, 6.45) is -1.06. The van der Waals surface area contributed by atoms with Gasteiger partial charge in [-0.15, -0.1) is 0 Å². The van der Waals surface area contributed by atoms with Crippen LogP contribution in [0, 0.1) is 0 Å². The van der Waals surface area contributed by atoms with Crippen LogP contribution in [0.2, 0.25) is 0 Å². The molecule has 3 aromatic rings. The van der Waals surface area contributed by atoms with Crippen molar-refractivity contribution < 1.29 is 24.2 Å². The van der Waals surface area contributed by atoms with Crippen LogP contribution in [0.1, 0.15) is 35.4 Å². The summed E-state index contributed by atoms with van der Waals surface area (Å²) in [5.41, 5.74) is 5.30. The summed E-state index contributed by atoms with van der Waals surface area (Å²) in [6.45, 7) is 0.382. The fraction of sp³-hybridized carbons (Fsp3) is 0.222. The van der Waals surface area contributed by atoms with Gasteiger partial charge in [0, 0.05) is 18.9 Å². The van der Waals surface area contributed by atoms with Crippen LogP contribution in [-0.2, 0) is 20.9 Å². The Morgan fingerprint density at radius 1 is 0.853 bits per heavy atom. The van der Waals surface area contributed by atoms with E-state index < -0.39 is 24.0 Å². The van der Waals surface area contributed by atoms with Crippen LogP contribution < -0.4 is 10.6 Å². The molecule has 3 aromatic carbocycles. The SMILES string of the molecule is O=C(O)CCC(NC(=O)OCC1c2ccccc2-c2ccccc21)C(=O)NCc1ccccc1. The maximum atomic E-state index is 12.7. The van der Waals surface area contributed by atoms with Crippen molar-refractivity contribution in [3.63, 3.8) is 0 Å². The van der Waals surface area contributed by atoms with E-state index in [0.717, 1.165) is 27.8 Å². The van der Waals surface area contributed by atoms with Gasteiger partial charge in [-0.05, 0) is 34.2 Å². The number of carbonyl (C=O) groups excluding carboxylic acids is 2. The lowest BCUT2D eigenvalue weighted by Crippen LogP contribution is -2.47. The minimum atomic E-state index is -1.05. The number of benzene rings is 3. The van der Waals surface area contributed by atoms with Gasteiger partial charge in [0.2, 0.25) is 5.91 Å². The quantitative estimate of drug-likeness (QED) is 0.448. The maximum Gasteiger partial charge on any atom is 0.407 e. The number of carboxylic acids is 1. The number of ether oxygens (including phenoxy) is 1. The summed E-state index contributed by atoms with van der Waals surface area (Å²) in [7, 11) is 0. The van der Waals surface area contributed by atoms with Crippen LogP contribution in [-0.4, -0.2) is 35.7 Å². The molecule has 0 bridgehead atoms. The van der Waals surface area contributed by atoms with Crippen molar-refractivity contribution in [1.82, 2.24) is 10.6 Å². The zero-order valence-electron chi connectivity index (χ0n) is 18.6. The van der Waals surface area contributed by atoms with Crippen molar-refractivity contribution in [2.75, 3.05) is 6.61 Å². The van der Waals surface area contributed by atoms with E-state index in [9.17, 15) is 14.4 Å². The van der Waals surface area contributed by atoms with Crippen LogP contribution >= 0.6 is 0 Å². The highest BCUT2D eigenvalue weighted by Gasteiger charge is 2.30. The molecule has 0 spiro atoms. The molecule has 3 N–H and O–H groups in total. The minimum absolute atomic E-state index is 0.0415. The molecule has 0 heterocycles. The third-order valence-corrected chi connectivity index (χ3v) is 5.91. The molecule has 1 aliphatic rings. The number of rotatable bonds is 9. The van der Waals surface area contributed by atoms with Gasteiger partial charge >= 0.3 is 12.1 Å². The van der Waals surface area contributed by atoms with Crippen LogP contribution in [0.15, 0.2) is 78.9 Å². The second kappa shape index (κ2) is 10.7. The van der Waals surface area contributed by atoms with Crippen LogP contribution in [0.5, 0.6) is 0 Å². The molecule has 7 heteroatoms. The van der Waals surface area contributed by atoms with Gasteiger partial charge in [-0.1, -0.05) is 78.9 Å². The summed E-state index contributed by atoms with van der Waals surface area (Å²) in [5, 5.41) is 14.3. The van der Waals surface area contributed by atoms with E-state index in [1.807, 2.05) is 78.9 Å². The van der Waals surface area contributed by atoms with Crippen LogP contribution in [0.3, 0.4) is 0 Å². The van der Waals surface area contributed by atoms with Gasteiger partial charge in [0.1, 0.15) is 12.6 Å². The number of carboxylic acid groups (broad SMARTS) is 1. The van der Waals surface area contributed by atoms with Gasteiger partial charge in [0.15, 0.2) is 0 Å². The van der Waals surface area contributed by atoms with E-state index in [-0.39, 0.29) is 31.9 Å². The first-order valence-corrected chi connectivity index (χ1v) is 11.2. The van der Waals surface area contributed by atoms with Crippen molar-refractivity contribution in [2.24, 2.45) is 0 Å². The molecule has 0 saturated carbocycles. The van der Waals surface area contributed by atoms with Gasteiger partial charge in [0.05, 0.1) is 0 Å². The molecular weight excluding hydrogens is 432 g/mol. The van der Waals surface area contributed by atoms with E-state index in [1.54, 1.807) is 0 Å². The Balaban J connectivity index is 1.39. The normalized spacial score (nSPS) is 12.8. The number of carbonyl (C=O) groups is 3. The molecule has 0 fully saturated rings. The molecule has 0 aromatic heterocycles. The van der Waals surface area contributed by atoms with Crippen LogP contribution in [0.4, 0.5) is 4.79 Å². The number of fused-ring (bicyclic) bond motifs is 3. The third-order valence-electron chi connectivity index (χ3n) is 5.91. The van der Waals surface area contributed by atoms with Gasteiger partial charge in [-0.3, -0.25) is 9.59 Å². The molecule has 174 valence electrons. The second-order valence-electron chi connectivity index (χ2n) is 8.16. The Morgan fingerprint density at radius 2 is 1.44 bits per heavy atom. The predicted octanol–water partition coefficient (Wildman–Crippen LogP) is 4.07. The number of aliphatic carboxylic acids is 1. The lowest BCUT2D eigenvalue weighted by molar-refractivity contribution is -0.137. The number of alkyl carbamates (subject to hydrolysis) is 1. The minimum Gasteiger partial charge on any atom is -0.481 e. The first-order chi connectivity index (χ1) is 16.5. The number of nitrogens with one attached hydrogen (secondary N) is 2. The van der Waals surface area contributed by atoms with Crippen molar-refractivity contribution >= 4 is 18.0 Å². The van der Waals surface area contributed by atoms with E-state index in [4.69, 9.17) is 9.84 Å².